The van der Waals surface area contributed by atoms with Crippen LogP contribution in [0, 0.1) is 0 Å². The zero-order valence-corrected chi connectivity index (χ0v) is 6.84. The summed E-state index contributed by atoms with van der Waals surface area (Å²) in [5, 5.41) is 0. The van der Waals surface area contributed by atoms with E-state index in [1.54, 1.807) is 13.2 Å². The lowest BCUT2D eigenvalue weighted by Gasteiger charge is -2.10. The molecule has 0 rings (SSSR count). The second-order valence-corrected chi connectivity index (χ2v) is 2.52. The summed E-state index contributed by atoms with van der Waals surface area (Å²) in [6, 6.07) is 0.123. The lowest BCUT2D eigenvalue weighted by Crippen LogP contribution is -2.18. The minimum atomic E-state index is 0.123. The molecule has 0 radical (unpaired) electrons. The molecular formula is C8H17NO. The van der Waals surface area contributed by atoms with E-state index in [0.29, 0.717) is 6.10 Å². The largest absolute Gasteiger partial charge is 0.382 e. The predicted molar refractivity (Wildman–Crippen MR) is 43.9 cm³/mol. The van der Waals surface area contributed by atoms with Crippen LogP contribution in [0.4, 0.5) is 0 Å². The number of ether oxygens (including phenoxy) is 1. The summed E-state index contributed by atoms with van der Waals surface area (Å²) in [4.78, 5) is 0. The lowest BCUT2D eigenvalue weighted by molar-refractivity contribution is 0.108. The Hall–Kier alpha value is -0.340. The van der Waals surface area contributed by atoms with Crippen LogP contribution >= 0.6 is 0 Å². The molecule has 10 heavy (non-hydrogen) atoms. The van der Waals surface area contributed by atoms with Crippen LogP contribution in [0.3, 0.4) is 0 Å². The monoisotopic (exact) mass is 143 g/mol. The van der Waals surface area contributed by atoms with Gasteiger partial charge in [0, 0.05) is 13.2 Å². The maximum absolute atomic E-state index is 5.60. The van der Waals surface area contributed by atoms with E-state index in [9.17, 15) is 0 Å². The highest BCUT2D eigenvalue weighted by Crippen LogP contribution is 2.02. The van der Waals surface area contributed by atoms with Crippen molar-refractivity contribution in [2.75, 3.05) is 7.11 Å². The quantitative estimate of drug-likeness (QED) is 0.589. The number of methoxy groups -OCH3 is 1. The van der Waals surface area contributed by atoms with Gasteiger partial charge in [-0.05, 0) is 19.8 Å². The third kappa shape index (κ3) is 4.53. The van der Waals surface area contributed by atoms with Gasteiger partial charge in [-0.15, -0.1) is 6.58 Å². The summed E-state index contributed by atoms with van der Waals surface area (Å²) < 4.78 is 5.06. The van der Waals surface area contributed by atoms with Gasteiger partial charge in [0.2, 0.25) is 0 Å². The molecule has 0 bridgehead atoms. The van der Waals surface area contributed by atoms with Crippen LogP contribution in [0.15, 0.2) is 12.7 Å². The first-order valence-corrected chi connectivity index (χ1v) is 3.61. The SMILES string of the molecule is C=CC(N)CCC(C)OC. The molecule has 2 heteroatoms. The first-order valence-electron chi connectivity index (χ1n) is 3.61. The summed E-state index contributed by atoms with van der Waals surface area (Å²) in [6.07, 6.45) is 4.04. The van der Waals surface area contributed by atoms with E-state index < -0.39 is 0 Å². The second kappa shape index (κ2) is 5.45. The molecule has 2 N–H and O–H groups in total. The van der Waals surface area contributed by atoms with E-state index in [1.165, 1.54) is 0 Å². The van der Waals surface area contributed by atoms with Crippen LogP contribution < -0.4 is 5.73 Å². The van der Waals surface area contributed by atoms with Gasteiger partial charge < -0.3 is 10.5 Å². The molecule has 0 saturated carbocycles. The molecule has 2 unspecified atom stereocenters. The molecule has 0 fully saturated rings. The third-order valence-corrected chi connectivity index (χ3v) is 1.61. The minimum absolute atomic E-state index is 0.123. The van der Waals surface area contributed by atoms with Gasteiger partial charge in [-0.3, -0.25) is 0 Å². The normalized spacial score (nSPS) is 16.3. The van der Waals surface area contributed by atoms with Crippen LogP contribution in [-0.4, -0.2) is 19.3 Å². The molecule has 0 aliphatic rings. The first kappa shape index (κ1) is 9.66. The Labute approximate surface area is 63.1 Å². The number of nitrogens with two attached hydrogens (primary N) is 1. The summed E-state index contributed by atoms with van der Waals surface area (Å²) in [5.74, 6) is 0. The molecule has 60 valence electrons. The molecule has 0 aliphatic heterocycles. The van der Waals surface area contributed by atoms with Crippen molar-refractivity contribution in [2.45, 2.75) is 31.9 Å². The fraction of sp³-hybridized carbons (Fsp3) is 0.750. The molecule has 0 spiro atoms. The highest BCUT2D eigenvalue weighted by molar-refractivity contribution is 4.82. The molecule has 0 aromatic carbocycles. The minimum Gasteiger partial charge on any atom is -0.382 e. The third-order valence-electron chi connectivity index (χ3n) is 1.61. The topological polar surface area (TPSA) is 35.2 Å². The molecule has 0 saturated heterocycles. The average Bonchev–Trinajstić information content (AvgIpc) is 1.99. The highest BCUT2D eigenvalue weighted by Gasteiger charge is 2.01. The molecule has 0 aliphatic carbocycles. The van der Waals surface area contributed by atoms with E-state index in [0.717, 1.165) is 12.8 Å². The predicted octanol–water partition coefficient (Wildman–Crippen LogP) is 1.31. The van der Waals surface area contributed by atoms with E-state index in [-0.39, 0.29) is 6.04 Å². The van der Waals surface area contributed by atoms with Gasteiger partial charge >= 0.3 is 0 Å². The van der Waals surface area contributed by atoms with Crippen molar-refractivity contribution in [3.8, 4) is 0 Å². The average molecular weight is 143 g/mol. The number of hydrogen-bond acceptors (Lipinski definition) is 2. The van der Waals surface area contributed by atoms with Gasteiger partial charge in [-0.2, -0.15) is 0 Å². The summed E-state index contributed by atoms with van der Waals surface area (Å²) >= 11 is 0. The van der Waals surface area contributed by atoms with E-state index in [2.05, 4.69) is 6.58 Å². The van der Waals surface area contributed by atoms with Gasteiger partial charge in [0.05, 0.1) is 6.10 Å². The zero-order chi connectivity index (χ0) is 7.98. The van der Waals surface area contributed by atoms with Crippen molar-refractivity contribution >= 4 is 0 Å². The Morgan fingerprint density at radius 1 is 1.60 bits per heavy atom. The number of hydrogen-bond donors (Lipinski definition) is 1. The van der Waals surface area contributed by atoms with Crippen LogP contribution in [0.1, 0.15) is 19.8 Å². The van der Waals surface area contributed by atoms with Crippen LogP contribution in [0.2, 0.25) is 0 Å². The van der Waals surface area contributed by atoms with E-state index in [4.69, 9.17) is 10.5 Å². The zero-order valence-electron chi connectivity index (χ0n) is 6.84. The smallest absolute Gasteiger partial charge is 0.0543 e. The van der Waals surface area contributed by atoms with Gasteiger partial charge in [0.15, 0.2) is 0 Å². The van der Waals surface area contributed by atoms with Crippen molar-refractivity contribution in [1.29, 1.82) is 0 Å². The molecule has 0 aromatic heterocycles. The molecule has 0 aromatic rings. The highest BCUT2D eigenvalue weighted by atomic mass is 16.5. The Morgan fingerprint density at radius 3 is 2.60 bits per heavy atom. The van der Waals surface area contributed by atoms with Crippen molar-refractivity contribution in [2.24, 2.45) is 5.73 Å². The Balaban J connectivity index is 3.25. The second-order valence-electron chi connectivity index (χ2n) is 2.52. The van der Waals surface area contributed by atoms with Gasteiger partial charge in [-0.1, -0.05) is 6.08 Å². The Morgan fingerprint density at radius 2 is 2.20 bits per heavy atom. The van der Waals surface area contributed by atoms with Crippen molar-refractivity contribution in [3.63, 3.8) is 0 Å². The lowest BCUT2D eigenvalue weighted by atomic mass is 10.1. The standard InChI is InChI=1S/C8H17NO/c1-4-8(9)6-5-7(2)10-3/h4,7-8H,1,5-6,9H2,2-3H3. The van der Waals surface area contributed by atoms with Crippen LogP contribution in [0.5, 0.6) is 0 Å². The molecular weight excluding hydrogens is 126 g/mol. The van der Waals surface area contributed by atoms with Crippen molar-refractivity contribution in [3.05, 3.63) is 12.7 Å². The summed E-state index contributed by atoms with van der Waals surface area (Å²) in [7, 11) is 1.71. The van der Waals surface area contributed by atoms with Crippen LogP contribution in [-0.2, 0) is 4.74 Å². The van der Waals surface area contributed by atoms with Crippen molar-refractivity contribution < 1.29 is 4.74 Å². The van der Waals surface area contributed by atoms with Crippen molar-refractivity contribution in [1.82, 2.24) is 0 Å². The molecule has 2 nitrogen and oxygen atoms in total. The number of rotatable bonds is 5. The molecule has 0 heterocycles. The summed E-state index contributed by atoms with van der Waals surface area (Å²) in [6.45, 7) is 5.64. The maximum atomic E-state index is 5.60. The van der Waals surface area contributed by atoms with Gasteiger partial charge in [0.1, 0.15) is 0 Å². The van der Waals surface area contributed by atoms with E-state index in [1.807, 2.05) is 6.92 Å². The van der Waals surface area contributed by atoms with Gasteiger partial charge in [-0.25, -0.2) is 0 Å². The fourth-order valence-electron chi connectivity index (χ4n) is 0.663. The first-order chi connectivity index (χ1) is 4.70. The maximum Gasteiger partial charge on any atom is 0.0543 e. The van der Waals surface area contributed by atoms with E-state index >= 15 is 0 Å². The Kier molecular flexibility index (Phi) is 5.26. The van der Waals surface area contributed by atoms with Crippen LogP contribution in [0.25, 0.3) is 0 Å². The summed E-state index contributed by atoms with van der Waals surface area (Å²) in [5.41, 5.74) is 5.60. The fourth-order valence-corrected chi connectivity index (χ4v) is 0.663. The molecule has 0 amide bonds. The molecule has 2 atom stereocenters. The van der Waals surface area contributed by atoms with Gasteiger partial charge in [0.25, 0.3) is 0 Å². The Bertz CT molecular complexity index is 93.3.